The summed E-state index contributed by atoms with van der Waals surface area (Å²) in [5.74, 6) is -0.374. The third-order valence-electron chi connectivity index (χ3n) is 4.80. The Morgan fingerprint density at radius 1 is 1.33 bits per heavy atom. The number of nitrogens with one attached hydrogen (secondary N) is 1. The average Bonchev–Trinajstić information content (AvgIpc) is 3.01. The maximum absolute atomic E-state index is 13.3. The Morgan fingerprint density at radius 3 is 2.71 bits per heavy atom. The smallest absolute Gasteiger partial charge is 0.324 e. The molecule has 0 spiro atoms. The minimum Gasteiger partial charge on any atom is -0.371 e. The number of rotatable bonds is 4. The fraction of sp³-hybridized carbons (Fsp3) is 0.529. The highest BCUT2D eigenvalue weighted by atomic mass is 19.1. The number of amides is 3. The zero-order valence-corrected chi connectivity index (χ0v) is 13.9. The van der Waals surface area contributed by atoms with E-state index in [1.165, 1.54) is 11.0 Å². The van der Waals surface area contributed by atoms with Crippen molar-refractivity contribution in [1.29, 1.82) is 0 Å². The second-order valence-corrected chi connectivity index (χ2v) is 6.39. The molecule has 2 aliphatic rings. The van der Waals surface area contributed by atoms with Crippen molar-refractivity contribution in [2.24, 2.45) is 0 Å². The lowest BCUT2D eigenvalue weighted by molar-refractivity contribution is -0.129. The molecule has 0 aliphatic carbocycles. The van der Waals surface area contributed by atoms with Gasteiger partial charge in [-0.1, -0.05) is 6.07 Å². The summed E-state index contributed by atoms with van der Waals surface area (Å²) in [6, 6.07) is 6.65. The lowest BCUT2D eigenvalue weighted by Gasteiger charge is -2.37. The number of carbonyl (C=O) groups is 2. The van der Waals surface area contributed by atoms with Crippen molar-refractivity contribution in [3.8, 4) is 0 Å². The monoisotopic (exact) mass is 334 g/mol. The molecule has 2 aliphatic heterocycles. The van der Waals surface area contributed by atoms with Gasteiger partial charge in [0.15, 0.2) is 0 Å². The molecule has 0 bridgehead atoms. The normalized spacial score (nSPS) is 19.0. The number of piperidine rings is 1. The van der Waals surface area contributed by atoms with Crippen molar-refractivity contribution in [3.05, 3.63) is 30.1 Å². The highest BCUT2D eigenvalue weighted by Gasteiger charge is 2.29. The minimum absolute atomic E-state index is 0.153. The van der Waals surface area contributed by atoms with Gasteiger partial charge in [-0.3, -0.25) is 14.6 Å². The summed E-state index contributed by atoms with van der Waals surface area (Å²) in [5.41, 5.74) is 0.904. The molecule has 0 saturated carbocycles. The standard InChI is InChI=1S/C17H23FN4O2/c1-20(12-16(23)22-10-7-19-17(22)24)14-5-8-21(9-6-14)15-4-2-3-13(18)11-15/h2-4,11,14H,5-10,12H2,1H3,(H,19,24). The van der Waals surface area contributed by atoms with Crippen molar-refractivity contribution in [1.82, 2.24) is 15.1 Å². The van der Waals surface area contributed by atoms with Gasteiger partial charge in [-0.05, 0) is 38.1 Å². The first-order valence-corrected chi connectivity index (χ1v) is 8.33. The Hall–Kier alpha value is -2.15. The highest BCUT2D eigenvalue weighted by Crippen LogP contribution is 2.22. The molecule has 2 fully saturated rings. The highest BCUT2D eigenvalue weighted by molar-refractivity contribution is 5.96. The van der Waals surface area contributed by atoms with E-state index in [0.29, 0.717) is 19.1 Å². The summed E-state index contributed by atoms with van der Waals surface area (Å²) in [6.07, 6.45) is 1.82. The van der Waals surface area contributed by atoms with E-state index in [2.05, 4.69) is 10.2 Å². The van der Waals surface area contributed by atoms with Gasteiger partial charge >= 0.3 is 6.03 Å². The first-order valence-electron chi connectivity index (χ1n) is 8.33. The number of hydrogen-bond donors (Lipinski definition) is 1. The third kappa shape index (κ3) is 3.67. The van der Waals surface area contributed by atoms with E-state index in [1.54, 1.807) is 12.1 Å². The molecule has 0 aromatic heterocycles. The molecule has 0 atom stereocenters. The summed E-state index contributed by atoms with van der Waals surface area (Å²) in [6.45, 7) is 2.88. The van der Waals surface area contributed by atoms with Crippen LogP contribution < -0.4 is 10.2 Å². The molecule has 3 rings (SSSR count). The molecule has 130 valence electrons. The molecule has 2 saturated heterocycles. The zero-order chi connectivity index (χ0) is 17.1. The van der Waals surface area contributed by atoms with Crippen molar-refractivity contribution < 1.29 is 14.0 Å². The fourth-order valence-electron chi connectivity index (χ4n) is 3.38. The number of nitrogens with zero attached hydrogens (tertiary/aromatic N) is 3. The number of urea groups is 1. The molecule has 3 amide bonds. The number of benzene rings is 1. The van der Waals surface area contributed by atoms with Gasteiger partial charge in [0, 0.05) is 37.9 Å². The predicted molar refractivity (Wildman–Crippen MR) is 89.4 cm³/mol. The Bertz CT molecular complexity index is 616. The summed E-state index contributed by atoms with van der Waals surface area (Å²) >= 11 is 0. The van der Waals surface area contributed by atoms with Gasteiger partial charge in [0.2, 0.25) is 5.91 Å². The summed E-state index contributed by atoms with van der Waals surface area (Å²) in [7, 11) is 1.92. The zero-order valence-electron chi connectivity index (χ0n) is 13.9. The lowest BCUT2D eigenvalue weighted by Crippen LogP contribution is -2.48. The predicted octanol–water partition coefficient (Wildman–Crippen LogP) is 1.28. The Kier molecular flexibility index (Phi) is 4.99. The first-order chi connectivity index (χ1) is 11.5. The molecule has 2 heterocycles. The van der Waals surface area contributed by atoms with Crippen LogP contribution in [0.15, 0.2) is 24.3 Å². The molecule has 1 aromatic rings. The van der Waals surface area contributed by atoms with Gasteiger partial charge in [0.05, 0.1) is 6.54 Å². The van der Waals surface area contributed by atoms with Gasteiger partial charge in [0.1, 0.15) is 5.82 Å². The van der Waals surface area contributed by atoms with Crippen LogP contribution in [0.4, 0.5) is 14.9 Å². The van der Waals surface area contributed by atoms with Crippen molar-refractivity contribution >= 4 is 17.6 Å². The van der Waals surface area contributed by atoms with E-state index in [9.17, 15) is 14.0 Å². The largest absolute Gasteiger partial charge is 0.371 e. The van der Waals surface area contributed by atoms with Crippen molar-refractivity contribution in [3.63, 3.8) is 0 Å². The lowest BCUT2D eigenvalue weighted by atomic mass is 10.0. The topological polar surface area (TPSA) is 55.9 Å². The number of imide groups is 1. The molecular formula is C17H23FN4O2. The third-order valence-corrected chi connectivity index (χ3v) is 4.80. The maximum Gasteiger partial charge on any atom is 0.324 e. The average molecular weight is 334 g/mol. The molecule has 7 heteroatoms. The Labute approximate surface area is 141 Å². The SMILES string of the molecule is CN(CC(=O)N1CCNC1=O)C1CCN(c2cccc(F)c2)CC1. The maximum atomic E-state index is 13.3. The van der Waals surface area contributed by atoms with Gasteiger partial charge in [0.25, 0.3) is 0 Å². The van der Waals surface area contributed by atoms with E-state index >= 15 is 0 Å². The number of carbonyl (C=O) groups excluding carboxylic acids is 2. The molecular weight excluding hydrogens is 311 g/mol. The Balaban J connectivity index is 1.50. The minimum atomic E-state index is -0.297. The molecule has 1 N–H and O–H groups in total. The molecule has 1 aromatic carbocycles. The van der Waals surface area contributed by atoms with E-state index < -0.39 is 0 Å². The van der Waals surface area contributed by atoms with Crippen LogP contribution >= 0.6 is 0 Å². The molecule has 6 nitrogen and oxygen atoms in total. The fourth-order valence-corrected chi connectivity index (χ4v) is 3.38. The van der Waals surface area contributed by atoms with E-state index in [1.807, 2.05) is 18.0 Å². The van der Waals surface area contributed by atoms with Crippen LogP contribution in [0.5, 0.6) is 0 Å². The van der Waals surface area contributed by atoms with E-state index in [4.69, 9.17) is 0 Å². The van der Waals surface area contributed by atoms with Gasteiger partial charge in [-0.25, -0.2) is 9.18 Å². The summed E-state index contributed by atoms with van der Waals surface area (Å²) in [4.78, 5) is 29.2. The van der Waals surface area contributed by atoms with Crippen molar-refractivity contribution in [2.75, 3.05) is 44.7 Å². The summed E-state index contributed by atoms with van der Waals surface area (Å²) in [5, 5.41) is 2.64. The number of hydrogen-bond acceptors (Lipinski definition) is 4. The number of anilines is 1. The molecule has 24 heavy (non-hydrogen) atoms. The van der Waals surface area contributed by atoms with Crippen LogP contribution in [0.2, 0.25) is 0 Å². The van der Waals surface area contributed by atoms with E-state index in [0.717, 1.165) is 31.6 Å². The van der Waals surface area contributed by atoms with Crippen LogP contribution in [0, 0.1) is 5.82 Å². The van der Waals surface area contributed by atoms with Crippen molar-refractivity contribution in [2.45, 2.75) is 18.9 Å². The van der Waals surface area contributed by atoms with Crippen LogP contribution in [-0.4, -0.2) is 67.6 Å². The van der Waals surface area contributed by atoms with Gasteiger partial charge in [-0.15, -0.1) is 0 Å². The van der Waals surface area contributed by atoms with Crippen LogP contribution in [0.1, 0.15) is 12.8 Å². The first kappa shape index (κ1) is 16.7. The molecule has 0 radical (unpaired) electrons. The van der Waals surface area contributed by atoms with E-state index in [-0.39, 0.29) is 24.3 Å². The van der Waals surface area contributed by atoms with Gasteiger partial charge < -0.3 is 10.2 Å². The van der Waals surface area contributed by atoms with Crippen LogP contribution in [-0.2, 0) is 4.79 Å². The van der Waals surface area contributed by atoms with Crippen LogP contribution in [0.25, 0.3) is 0 Å². The second-order valence-electron chi connectivity index (χ2n) is 6.39. The summed E-state index contributed by atoms with van der Waals surface area (Å²) < 4.78 is 13.3. The van der Waals surface area contributed by atoms with Gasteiger partial charge in [-0.2, -0.15) is 0 Å². The number of halogens is 1. The quantitative estimate of drug-likeness (QED) is 0.901. The number of likely N-dealkylation sites (N-methyl/N-ethyl adjacent to an activating group) is 1. The van der Waals surface area contributed by atoms with Crippen LogP contribution in [0.3, 0.4) is 0 Å². The molecule has 0 unspecified atom stereocenters. The Morgan fingerprint density at radius 2 is 2.08 bits per heavy atom. The second kappa shape index (κ2) is 7.17.